The highest BCUT2D eigenvalue weighted by Crippen LogP contribution is 2.31. The minimum absolute atomic E-state index is 0.0983. The number of aromatic nitrogens is 4. The molecule has 124 valence electrons. The zero-order chi connectivity index (χ0) is 16.7. The smallest absolute Gasteiger partial charge is 0.290 e. The van der Waals surface area contributed by atoms with Crippen LogP contribution < -0.4 is 0 Å². The number of aromatic amines is 1. The topological polar surface area (TPSA) is 66.8 Å². The molecule has 0 saturated carbocycles. The molecule has 0 spiro atoms. The van der Waals surface area contributed by atoms with Crippen molar-refractivity contribution in [1.82, 2.24) is 24.4 Å². The number of amides is 1. The summed E-state index contributed by atoms with van der Waals surface area (Å²) < 4.78 is 15.1. The summed E-state index contributed by atoms with van der Waals surface area (Å²) in [5.41, 5.74) is 1.36. The van der Waals surface area contributed by atoms with E-state index in [0.717, 1.165) is 19.3 Å². The van der Waals surface area contributed by atoms with Crippen molar-refractivity contribution in [2.24, 2.45) is 7.05 Å². The molecule has 4 rings (SSSR count). The van der Waals surface area contributed by atoms with Crippen molar-refractivity contribution in [3.63, 3.8) is 0 Å². The summed E-state index contributed by atoms with van der Waals surface area (Å²) in [6.45, 7) is 0.668. The molecule has 1 aliphatic rings. The van der Waals surface area contributed by atoms with E-state index in [-0.39, 0.29) is 17.8 Å². The molecule has 0 bridgehead atoms. The molecule has 1 fully saturated rings. The van der Waals surface area contributed by atoms with Crippen LogP contribution in [0.1, 0.15) is 41.7 Å². The van der Waals surface area contributed by atoms with Gasteiger partial charge in [0.15, 0.2) is 5.82 Å². The summed E-state index contributed by atoms with van der Waals surface area (Å²) in [5.74, 6) is 0.725. The molecule has 2 aromatic heterocycles. The third-order valence-electron chi connectivity index (χ3n) is 4.55. The Balaban J connectivity index is 1.70. The van der Waals surface area contributed by atoms with Crippen LogP contribution >= 0.6 is 0 Å². The van der Waals surface area contributed by atoms with E-state index in [4.69, 9.17) is 0 Å². The van der Waals surface area contributed by atoms with Crippen molar-refractivity contribution in [2.45, 2.75) is 25.3 Å². The lowest BCUT2D eigenvalue weighted by Crippen LogP contribution is -2.40. The summed E-state index contributed by atoms with van der Waals surface area (Å²) in [7, 11) is 1.81. The lowest BCUT2D eigenvalue weighted by atomic mass is 10.0. The number of hydrogen-bond donors (Lipinski definition) is 1. The maximum atomic E-state index is 13.4. The molecule has 0 radical (unpaired) electrons. The van der Waals surface area contributed by atoms with Crippen LogP contribution in [0.4, 0.5) is 4.39 Å². The van der Waals surface area contributed by atoms with E-state index in [9.17, 15) is 9.18 Å². The van der Waals surface area contributed by atoms with E-state index < -0.39 is 0 Å². The first kappa shape index (κ1) is 14.9. The van der Waals surface area contributed by atoms with Gasteiger partial charge in [0.2, 0.25) is 0 Å². The molecule has 1 aliphatic heterocycles. The van der Waals surface area contributed by atoms with Crippen molar-refractivity contribution < 1.29 is 9.18 Å². The number of carbonyl (C=O) groups excluding carboxylic acids is 1. The van der Waals surface area contributed by atoms with E-state index in [2.05, 4.69) is 15.0 Å². The van der Waals surface area contributed by atoms with Crippen molar-refractivity contribution in [1.29, 1.82) is 0 Å². The molecule has 1 saturated heterocycles. The van der Waals surface area contributed by atoms with Crippen LogP contribution in [-0.4, -0.2) is 36.9 Å². The van der Waals surface area contributed by atoms with Crippen LogP contribution in [0, 0.1) is 5.82 Å². The van der Waals surface area contributed by atoms with Crippen LogP contribution in [0.2, 0.25) is 0 Å². The highest BCUT2D eigenvalue weighted by Gasteiger charge is 2.32. The van der Waals surface area contributed by atoms with Crippen molar-refractivity contribution in [3.05, 3.63) is 48.1 Å². The summed E-state index contributed by atoms with van der Waals surface area (Å²) in [5, 5.41) is 0. The molecule has 0 aliphatic carbocycles. The average Bonchev–Trinajstić information content (AvgIpc) is 3.19. The Kier molecular flexibility index (Phi) is 3.55. The Morgan fingerprint density at radius 1 is 1.38 bits per heavy atom. The number of imidazole rings is 2. The van der Waals surface area contributed by atoms with Gasteiger partial charge in [-0.2, -0.15) is 0 Å². The first-order valence-electron chi connectivity index (χ1n) is 8.07. The molecular weight excluding hydrogens is 309 g/mol. The highest BCUT2D eigenvalue weighted by atomic mass is 19.1. The quantitative estimate of drug-likeness (QED) is 0.787. The minimum Gasteiger partial charge on any atom is -0.340 e. The number of carbonyl (C=O) groups is 1. The standard InChI is InChI=1S/C17H18FN5O/c1-22-9-7-19-16(22)17(24)23-8-3-2-4-14(23)15-20-12-6-5-11(18)10-13(12)21-15/h5-7,9-10,14H,2-4,8H2,1H3,(H,20,21). The second kappa shape index (κ2) is 5.74. The molecule has 1 N–H and O–H groups in total. The van der Waals surface area contributed by atoms with Crippen LogP contribution in [-0.2, 0) is 7.05 Å². The van der Waals surface area contributed by atoms with E-state index in [1.165, 1.54) is 12.1 Å². The summed E-state index contributed by atoms with van der Waals surface area (Å²) in [4.78, 5) is 26.6. The number of aryl methyl sites for hydroxylation is 1. The predicted molar refractivity (Wildman–Crippen MR) is 86.9 cm³/mol. The second-order valence-electron chi connectivity index (χ2n) is 6.16. The van der Waals surface area contributed by atoms with Crippen molar-refractivity contribution in [2.75, 3.05) is 6.54 Å². The van der Waals surface area contributed by atoms with Gasteiger partial charge in [0.1, 0.15) is 11.6 Å². The van der Waals surface area contributed by atoms with Gasteiger partial charge in [-0.1, -0.05) is 0 Å². The molecule has 3 heterocycles. The number of nitrogens with one attached hydrogen (secondary N) is 1. The number of likely N-dealkylation sites (tertiary alicyclic amines) is 1. The molecular formula is C17H18FN5O. The lowest BCUT2D eigenvalue weighted by molar-refractivity contribution is 0.0585. The number of benzene rings is 1. The van der Waals surface area contributed by atoms with Gasteiger partial charge in [0.05, 0.1) is 17.1 Å². The van der Waals surface area contributed by atoms with Gasteiger partial charge in [-0.05, 0) is 37.5 Å². The molecule has 1 atom stereocenters. The van der Waals surface area contributed by atoms with Crippen molar-refractivity contribution in [3.8, 4) is 0 Å². The number of H-pyrrole nitrogens is 1. The zero-order valence-corrected chi connectivity index (χ0v) is 13.4. The molecule has 1 amide bonds. The van der Waals surface area contributed by atoms with Gasteiger partial charge in [-0.3, -0.25) is 4.79 Å². The van der Waals surface area contributed by atoms with Gasteiger partial charge in [0, 0.05) is 26.0 Å². The SMILES string of the molecule is Cn1ccnc1C(=O)N1CCCCC1c1nc2ccc(F)cc2[nH]1. The Morgan fingerprint density at radius 2 is 2.25 bits per heavy atom. The predicted octanol–water partition coefficient (Wildman–Crippen LogP) is 2.80. The zero-order valence-electron chi connectivity index (χ0n) is 13.4. The number of rotatable bonds is 2. The maximum Gasteiger partial charge on any atom is 0.290 e. The number of hydrogen-bond acceptors (Lipinski definition) is 3. The number of piperidine rings is 1. The average molecular weight is 327 g/mol. The van der Waals surface area contributed by atoms with Crippen LogP contribution in [0.3, 0.4) is 0 Å². The largest absolute Gasteiger partial charge is 0.340 e. The molecule has 7 heteroatoms. The van der Waals surface area contributed by atoms with Gasteiger partial charge < -0.3 is 14.5 Å². The van der Waals surface area contributed by atoms with Gasteiger partial charge in [0.25, 0.3) is 5.91 Å². The molecule has 1 aromatic carbocycles. The van der Waals surface area contributed by atoms with Crippen molar-refractivity contribution >= 4 is 16.9 Å². The van der Waals surface area contributed by atoms with Crippen LogP contribution in [0.25, 0.3) is 11.0 Å². The first-order chi connectivity index (χ1) is 11.6. The Bertz CT molecular complexity index is 899. The summed E-state index contributed by atoms with van der Waals surface area (Å²) >= 11 is 0. The fraction of sp³-hybridized carbons (Fsp3) is 0.353. The Hall–Kier alpha value is -2.70. The molecule has 1 unspecified atom stereocenters. The van der Waals surface area contributed by atoms with E-state index >= 15 is 0 Å². The van der Waals surface area contributed by atoms with Gasteiger partial charge in [-0.15, -0.1) is 0 Å². The van der Waals surface area contributed by atoms with E-state index in [0.29, 0.717) is 29.2 Å². The Morgan fingerprint density at radius 3 is 3.04 bits per heavy atom. The maximum absolute atomic E-state index is 13.4. The van der Waals surface area contributed by atoms with Gasteiger partial charge in [-0.25, -0.2) is 14.4 Å². The van der Waals surface area contributed by atoms with Crippen LogP contribution in [0.5, 0.6) is 0 Å². The fourth-order valence-electron chi connectivity index (χ4n) is 3.32. The minimum atomic E-state index is -0.303. The molecule has 6 nitrogen and oxygen atoms in total. The Labute approximate surface area is 138 Å². The van der Waals surface area contributed by atoms with Crippen LogP contribution in [0.15, 0.2) is 30.6 Å². The fourth-order valence-corrected chi connectivity index (χ4v) is 3.32. The summed E-state index contributed by atoms with van der Waals surface area (Å²) in [6, 6.07) is 4.33. The normalized spacial score (nSPS) is 18.2. The lowest BCUT2D eigenvalue weighted by Gasteiger charge is -2.34. The molecule has 3 aromatic rings. The van der Waals surface area contributed by atoms with Gasteiger partial charge >= 0.3 is 0 Å². The third kappa shape index (κ3) is 2.46. The van der Waals surface area contributed by atoms with E-state index in [1.807, 2.05) is 11.9 Å². The third-order valence-corrected chi connectivity index (χ3v) is 4.55. The number of nitrogens with zero attached hydrogens (tertiary/aromatic N) is 4. The summed E-state index contributed by atoms with van der Waals surface area (Å²) in [6.07, 6.45) is 6.20. The highest BCUT2D eigenvalue weighted by molar-refractivity contribution is 5.91. The first-order valence-corrected chi connectivity index (χ1v) is 8.07. The van der Waals surface area contributed by atoms with E-state index in [1.54, 1.807) is 23.0 Å². The second-order valence-corrected chi connectivity index (χ2v) is 6.16. The number of fused-ring (bicyclic) bond motifs is 1. The monoisotopic (exact) mass is 327 g/mol. The molecule has 24 heavy (non-hydrogen) atoms. The number of halogens is 1.